The number of fused-ring (bicyclic) bond motifs is 1. The van der Waals surface area contributed by atoms with E-state index in [1.807, 2.05) is 18.0 Å². The first-order valence-electron chi connectivity index (χ1n) is 7.03. The van der Waals surface area contributed by atoms with Gasteiger partial charge in [0.1, 0.15) is 5.75 Å². The molecule has 2 aliphatic heterocycles. The number of phenolic OH excluding ortho intramolecular Hbond substituents is 1. The highest BCUT2D eigenvalue weighted by atomic mass is 16.5. The van der Waals surface area contributed by atoms with Crippen LogP contribution in [0.2, 0.25) is 0 Å². The lowest BCUT2D eigenvalue weighted by Gasteiger charge is -2.32. The van der Waals surface area contributed by atoms with Crippen molar-refractivity contribution in [1.82, 2.24) is 10.2 Å². The number of aromatic hydroxyl groups is 1. The highest BCUT2D eigenvalue weighted by molar-refractivity contribution is 5.80. The molecule has 2 unspecified atom stereocenters. The lowest BCUT2D eigenvalue weighted by atomic mass is 9.96. The van der Waals surface area contributed by atoms with Gasteiger partial charge in [0, 0.05) is 19.1 Å². The van der Waals surface area contributed by atoms with Crippen LogP contribution in [-0.2, 0) is 22.5 Å². The average molecular weight is 276 g/mol. The predicted molar refractivity (Wildman–Crippen MR) is 74.4 cm³/mol. The van der Waals surface area contributed by atoms with E-state index < -0.39 is 0 Å². The van der Waals surface area contributed by atoms with Crippen LogP contribution in [0.5, 0.6) is 5.75 Å². The van der Waals surface area contributed by atoms with Gasteiger partial charge in [0.15, 0.2) is 0 Å². The molecule has 5 nitrogen and oxygen atoms in total. The molecule has 2 atom stereocenters. The van der Waals surface area contributed by atoms with E-state index >= 15 is 0 Å². The topological polar surface area (TPSA) is 61.8 Å². The molecule has 1 fully saturated rings. The molecule has 5 heteroatoms. The minimum atomic E-state index is -0.0983. The standard InChI is InChI=1S/C15H20N2O3/c1-16-14-9-20-8-13(14)15(19)17-5-4-10-2-3-12(18)6-11(10)7-17/h2-3,6,13-14,16,18H,4-5,7-9H2,1H3. The van der Waals surface area contributed by atoms with Gasteiger partial charge in [-0.05, 0) is 36.7 Å². The van der Waals surface area contributed by atoms with Gasteiger partial charge in [0.05, 0.1) is 19.1 Å². The van der Waals surface area contributed by atoms with Gasteiger partial charge < -0.3 is 20.1 Å². The normalized spacial score (nSPS) is 25.6. The fourth-order valence-electron chi connectivity index (χ4n) is 3.05. The van der Waals surface area contributed by atoms with Gasteiger partial charge in [0.25, 0.3) is 0 Å². The molecule has 0 spiro atoms. The zero-order valence-corrected chi connectivity index (χ0v) is 11.6. The maximum Gasteiger partial charge on any atom is 0.229 e. The third-order valence-electron chi connectivity index (χ3n) is 4.28. The summed E-state index contributed by atoms with van der Waals surface area (Å²) in [7, 11) is 1.86. The summed E-state index contributed by atoms with van der Waals surface area (Å²) in [6.07, 6.45) is 0.846. The van der Waals surface area contributed by atoms with Crippen molar-refractivity contribution in [3.63, 3.8) is 0 Å². The van der Waals surface area contributed by atoms with E-state index in [1.165, 1.54) is 5.56 Å². The Morgan fingerprint density at radius 1 is 1.40 bits per heavy atom. The number of phenols is 1. The van der Waals surface area contributed by atoms with Crippen LogP contribution in [0.4, 0.5) is 0 Å². The first kappa shape index (κ1) is 13.4. The second kappa shape index (κ2) is 5.42. The molecule has 20 heavy (non-hydrogen) atoms. The zero-order valence-electron chi connectivity index (χ0n) is 11.6. The molecule has 0 aromatic heterocycles. The largest absolute Gasteiger partial charge is 0.508 e. The van der Waals surface area contributed by atoms with E-state index in [1.54, 1.807) is 12.1 Å². The Balaban J connectivity index is 1.74. The molecule has 2 N–H and O–H groups in total. The molecular weight excluding hydrogens is 256 g/mol. The van der Waals surface area contributed by atoms with E-state index in [4.69, 9.17) is 4.74 Å². The summed E-state index contributed by atoms with van der Waals surface area (Å²) in [5, 5.41) is 12.7. The van der Waals surface area contributed by atoms with Gasteiger partial charge in [-0.3, -0.25) is 4.79 Å². The third kappa shape index (κ3) is 2.39. The summed E-state index contributed by atoms with van der Waals surface area (Å²) < 4.78 is 5.41. The van der Waals surface area contributed by atoms with Gasteiger partial charge in [-0.2, -0.15) is 0 Å². The molecule has 0 radical (unpaired) electrons. The number of benzene rings is 1. The van der Waals surface area contributed by atoms with Gasteiger partial charge in [0.2, 0.25) is 5.91 Å². The van der Waals surface area contributed by atoms with Crippen molar-refractivity contribution in [3.8, 4) is 5.75 Å². The Labute approximate surface area is 118 Å². The van der Waals surface area contributed by atoms with Crippen LogP contribution in [-0.4, -0.2) is 48.8 Å². The Kier molecular flexibility index (Phi) is 3.63. The molecule has 0 aliphatic carbocycles. The Bertz CT molecular complexity index is 518. The molecule has 1 saturated heterocycles. The molecule has 1 aromatic rings. The smallest absolute Gasteiger partial charge is 0.229 e. The maximum atomic E-state index is 12.6. The Hall–Kier alpha value is -1.59. The fourth-order valence-corrected chi connectivity index (χ4v) is 3.05. The summed E-state index contributed by atoms with van der Waals surface area (Å²) in [5.74, 6) is 0.310. The molecule has 2 aliphatic rings. The van der Waals surface area contributed by atoms with Crippen LogP contribution in [0.25, 0.3) is 0 Å². The van der Waals surface area contributed by atoms with Crippen LogP contribution in [0.3, 0.4) is 0 Å². The molecule has 1 amide bonds. The molecule has 3 rings (SSSR count). The number of ether oxygens (including phenoxy) is 1. The SMILES string of the molecule is CNC1COCC1C(=O)N1CCc2ccc(O)cc2C1. The minimum Gasteiger partial charge on any atom is -0.508 e. The molecule has 0 saturated carbocycles. The number of likely N-dealkylation sites (N-methyl/N-ethyl adjacent to an activating group) is 1. The van der Waals surface area contributed by atoms with Gasteiger partial charge in [-0.1, -0.05) is 6.07 Å². The number of nitrogens with one attached hydrogen (secondary N) is 1. The van der Waals surface area contributed by atoms with E-state index in [-0.39, 0.29) is 23.6 Å². The Morgan fingerprint density at radius 2 is 2.25 bits per heavy atom. The van der Waals surface area contributed by atoms with Crippen molar-refractivity contribution in [2.24, 2.45) is 5.92 Å². The quantitative estimate of drug-likeness (QED) is 0.826. The predicted octanol–water partition coefficient (Wildman–Crippen LogP) is 0.511. The highest BCUT2D eigenvalue weighted by Crippen LogP contribution is 2.25. The summed E-state index contributed by atoms with van der Waals surface area (Å²) in [6.45, 7) is 2.41. The summed E-state index contributed by atoms with van der Waals surface area (Å²) in [4.78, 5) is 14.5. The van der Waals surface area contributed by atoms with Crippen molar-refractivity contribution in [3.05, 3.63) is 29.3 Å². The lowest BCUT2D eigenvalue weighted by molar-refractivity contribution is -0.136. The van der Waals surface area contributed by atoms with Crippen molar-refractivity contribution < 1.29 is 14.6 Å². The van der Waals surface area contributed by atoms with Crippen LogP contribution in [0.15, 0.2) is 18.2 Å². The zero-order chi connectivity index (χ0) is 14.1. The van der Waals surface area contributed by atoms with Crippen molar-refractivity contribution in [2.45, 2.75) is 19.0 Å². The monoisotopic (exact) mass is 276 g/mol. The average Bonchev–Trinajstić information content (AvgIpc) is 2.94. The first-order valence-corrected chi connectivity index (χ1v) is 7.03. The summed E-state index contributed by atoms with van der Waals surface area (Å²) >= 11 is 0. The number of hydrogen-bond donors (Lipinski definition) is 2. The third-order valence-corrected chi connectivity index (χ3v) is 4.28. The van der Waals surface area contributed by atoms with Crippen molar-refractivity contribution >= 4 is 5.91 Å². The van der Waals surface area contributed by atoms with E-state index in [9.17, 15) is 9.90 Å². The number of amides is 1. The van der Waals surface area contributed by atoms with Gasteiger partial charge in [-0.25, -0.2) is 0 Å². The number of carbonyl (C=O) groups is 1. The van der Waals surface area contributed by atoms with Gasteiger partial charge in [-0.15, -0.1) is 0 Å². The van der Waals surface area contributed by atoms with Crippen LogP contribution >= 0.6 is 0 Å². The highest BCUT2D eigenvalue weighted by Gasteiger charge is 2.36. The summed E-state index contributed by atoms with van der Waals surface area (Å²) in [6, 6.07) is 5.52. The molecule has 1 aromatic carbocycles. The fraction of sp³-hybridized carbons (Fsp3) is 0.533. The van der Waals surface area contributed by atoms with E-state index in [0.717, 1.165) is 18.5 Å². The Morgan fingerprint density at radius 3 is 3.05 bits per heavy atom. The first-order chi connectivity index (χ1) is 9.69. The molecular formula is C15H20N2O3. The van der Waals surface area contributed by atoms with Crippen molar-refractivity contribution in [1.29, 1.82) is 0 Å². The number of carbonyl (C=O) groups excluding carboxylic acids is 1. The van der Waals surface area contributed by atoms with Crippen LogP contribution < -0.4 is 5.32 Å². The summed E-state index contributed by atoms with van der Waals surface area (Å²) in [5.41, 5.74) is 2.27. The maximum absolute atomic E-state index is 12.6. The lowest BCUT2D eigenvalue weighted by Crippen LogP contribution is -2.46. The van der Waals surface area contributed by atoms with Gasteiger partial charge >= 0.3 is 0 Å². The second-order valence-electron chi connectivity index (χ2n) is 5.50. The number of nitrogens with zero attached hydrogens (tertiary/aromatic N) is 1. The van der Waals surface area contributed by atoms with E-state index in [0.29, 0.717) is 19.8 Å². The van der Waals surface area contributed by atoms with E-state index in [2.05, 4.69) is 5.32 Å². The molecule has 108 valence electrons. The number of hydrogen-bond acceptors (Lipinski definition) is 4. The number of rotatable bonds is 2. The second-order valence-corrected chi connectivity index (χ2v) is 5.50. The minimum absolute atomic E-state index is 0.0983. The molecule has 0 bridgehead atoms. The van der Waals surface area contributed by atoms with Crippen molar-refractivity contribution in [2.75, 3.05) is 26.8 Å². The molecule has 2 heterocycles. The van der Waals surface area contributed by atoms with Crippen LogP contribution in [0.1, 0.15) is 11.1 Å². The van der Waals surface area contributed by atoms with Crippen LogP contribution in [0, 0.1) is 5.92 Å².